The normalized spacial score (nSPS) is 17.6. The van der Waals surface area contributed by atoms with Crippen LogP contribution in [0.3, 0.4) is 0 Å². The monoisotopic (exact) mass is 472 g/mol. The van der Waals surface area contributed by atoms with Crippen molar-refractivity contribution in [1.82, 2.24) is 4.90 Å². The Balaban J connectivity index is 1.63. The van der Waals surface area contributed by atoms with E-state index in [4.69, 9.17) is 9.47 Å². The van der Waals surface area contributed by atoms with Crippen LogP contribution in [0, 0.1) is 0 Å². The molecule has 2 atom stereocenters. The van der Waals surface area contributed by atoms with Gasteiger partial charge in [-0.15, -0.1) is 0 Å². The van der Waals surface area contributed by atoms with Gasteiger partial charge >= 0.3 is 5.97 Å². The largest absolute Gasteiger partial charge is 0.497 e. The molecule has 6 heteroatoms. The van der Waals surface area contributed by atoms with Gasteiger partial charge in [0.05, 0.1) is 7.11 Å². The van der Waals surface area contributed by atoms with Crippen molar-refractivity contribution in [3.8, 4) is 5.75 Å². The van der Waals surface area contributed by atoms with Gasteiger partial charge in [-0.25, -0.2) is 0 Å². The minimum Gasteiger partial charge on any atom is -0.497 e. The zero-order valence-electron chi connectivity index (χ0n) is 20.5. The fourth-order valence-electron chi connectivity index (χ4n) is 4.67. The van der Waals surface area contributed by atoms with Crippen LogP contribution in [0.15, 0.2) is 78.9 Å². The number of fused-ring (bicyclic) bond motifs is 1. The van der Waals surface area contributed by atoms with Crippen LogP contribution in [0.2, 0.25) is 0 Å². The number of methoxy groups -OCH3 is 1. The minimum atomic E-state index is -0.910. The molecule has 0 saturated carbocycles. The number of hydrogen-bond acceptors (Lipinski definition) is 5. The van der Waals surface area contributed by atoms with Crippen LogP contribution in [-0.4, -0.2) is 50.1 Å². The first-order valence-corrected chi connectivity index (χ1v) is 11.9. The van der Waals surface area contributed by atoms with Crippen molar-refractivity contribution in [2.45, 2.75) is 31.9 Å². The molecule has 0 aromatic heterocycles. The second kappa shape index (κ2) is 11.2. The molecule has 4 rings (SSSR count). The highest BCUT2D eigenvalue weighted by Gasteiger charge is 2.40. The van der Waals surface area contributed by atoms with Crippen molar-refractivity contribution in [2.24, 2.45) is 0 Å². The maximum Gasteiger partial charge on any atom is 0.303 e. The van der Waals surface area contributed by atoms with Gasteiger partial charge < -0.3 is 19.3 Å². The highest BCUT2D eigenvalue weighted by atomic mass is 16.5. The summed E-state index contributed by atoms with van der Waals surface area (Å²) >= 11 is 0. The van der Waals surface area contributed by atoms with E-state index in [9.17, 15) is 9.59 Å². The number of hydrogen-bond donors (Lipinski definition) is 0. The number of nitrogens with zero attached hydrogens (tertiary/aromatic N) is 2. The van der Waals surface area contributed by atoms with Crippen LogP contribution in [0.1, 0.15) is 29.5 Å². The summed E-state index contributed by atoms with van der Waals surface area (Å²) < 4.78 is 11.0. The van der Waals surface area contributed by atoms with Gasteiger partial charge in [-0.1, -0.05) is 60.7 Å². The van der Waals surface area contributed by atoms with E-state index in [-0.39, 0.29) is 11.8 Å². The number of likely N-dealkylation sites (N-methyl/N-ethyl adjacent to an activating group) is 1. The smallest absolute Gasteiger partial charge is 0.303 e. The Morgan fingerprint density at radius 3 is 2.37 bits per heavy atom. The second-order valence-electron chi connectivity index (χ2n) is 8.96. The van der Waals surface area contributed by atoms with Gasteiger partial charge in [-0.3, -0.25) is 9.59 Å². The number of esters is 1. The highest BCUT2D eigenvalue weighted by Crippen LogP contribution is 2.36. The fraction of sp³-hybridized carbons (Fsp3) is 0.310. The molecule has 3 aromatic carbocycles. The lowest BCUT2D eigenvalue weighted by molar-refractivity contribution is -0.154. The summed E-state index contributed by atoms with van der Waals surface area (Å²) in [6.45, 7) is 3.31. The molecule has 182 valence electrons. The number of para-hydroxylation sites is 1. The summed E-state index contributed by atoms with van der Waals surface area (Å²) in [6.07, 6.45) is -0.324. The number of ether oxygens (including phenoxy) is 2. The van der Waals surface area contributed by atoms with Crippen LogP contribution >= 0.6 is 0 Å². The summed E-state index contributed by atoms with van der Waals surface area (Å²) in [4.78, 5) is 30.0. The molecule has 0 unspecified atom stereocenters. The van der Waals surface area contributed by atoms with E-state index in [2.05, 4.69) is 23.1 Å². The Hall–Kier alpha value is -3.64. The fourth-order valence-corrected chi connectivity index (χ4v) is 4.67. The predicted octanol–water partition coefficient (Wildman–Crippen LogP) is 4.43. The third-order valence-electron chi connectivity index (χ3n) is 6.43. The molecule has 1 amide bonds. The van der Waals surface area contributed by atoms with Crippen LogP contribution in [0.25, 0.3) is 0 Å². The molecule has 0 saturated heterocycles. The molecule has 0 fully saturated rings. The number of anilines is 1. The van der Waals surface area contributed by atoms with Gasteiger partial charge in [-0.05, 0) is 48.4 Å². The van der Waals surface area contributed by atoms with Crippen molar-refractivity contribution >= 4 is 17.6 Å². The summed E-state index contributed by atoms with van der Waals surface area (Å²) in [5.41, 5.74) is 4.08. The molecule has 35 heavy (non-hydrogen) atoms. The van der Waals surface area contributed by atoms with Gasteiger partial charge in [0.2, 0.25) is 0 Å². The van der Waals surface area contributed by atoms with E-state index in [0.29, 0.717) is 19.5 Å². The van der Waals surface area contributed by atoms with E-state index in [1.165, 1.54) is 12.5 Å². The number of amides is 1. The maximum atomic E-state index is 13.9. The minimum absolute atomic E-state index is 0.195. The number of benzene rings is 3. The Labute approximate surface area is 207 Å². The number of carbonyl (C=O) groups excluding carboxylic acids is 2. The summed E-state index contributed by atoms with van der Waals surface area (Å²) in [5, 5.41) is 0. The van der Waals surface area contributed by atoms with Crippen LogP contribution in [0.5, 0.6) is 5.75 Å². The molecule has 1 aliphatic rings. The number of rotatable bonds is 8. The quantitative estimate of drug-likeness (QED) is 0.454. The maximum absolute atomic E-state index is 13.9. The lowest BCUT2D eigenvalue weighted by atomic mass is 9.87. The Morgan fingerprint density at radius 2 is 1.69 bits per heavy atom. The molecule has 1 heterocycles. The van der Waals surface area contributed by atoms with Gasteiger partial charge in [-0.2, -0.15) is 0 Å². The molecule has 1 aliphatic heterocycles. The molecule has 0 aliphatic carbocycles. The van der Waals surface area contributed by atoms with Crippen molar-refractivity contribution in [3.05, 3.63) is 95.6 Å². The standard InChI is InChI=1S/C29H32N2O4/c1-21(32)35-28-26(23-13-15-25(34-3)16-14-23)19-24-11-7-8-12-27(24)31(29(28)33)18-17-30(2)20-22-9-5-4-6-10-22/h4-16,26,28H,17-20H2,1-3H3/t26-,28+/m0/s1. The predicted molar refractivity (Wildman–Crippen MR) is 137 cm³/mol. The van der Waals surface area contributed by atoms with Gasteiger partial charge in [0.25, 0.3) is 5.91 Å². The van der Waals surface area contributed by atoms with E-state index in [1.54, 1.807) is 12.0 Å². The van der Waals surface area contributed by atoms with Gasteiger partial charge in [0, 0.05) is 38.2 Å². The third-order valence-corrected chi connectivity index (χ3v) is 6.43. The average Bonchev–Trinajstić information content (AvgIpc) is 2.98. The topological polar surface area (TPSA) is 59.1 Å². The summed E-state index contributed by atoms with van der Waals surface area (Å²) in [5.74, 6) is -0.222. The lowest BCUT2D eigenvalue weighted by Gasteiger charge is -2.29. The SMILES string of the molecule is COc1ccc([C@@H]2Cc3ccccc3N(CCN(C)Cc3ccccc3)C(=O)[C@@H]2OC(C)=O)cc1. The first kappa shape index (κ1) is 24.5. The highest BCUT2D eigenvalue weighted by molar-refractivity contribution is 5.99. The Kier molecular flexibility index (Phi) is 7.83. The average molecular weight is 473 g/mol. The summed E-state index contributed by atoms with van der Waals surface area (Å²) in [7, 11) is 3.67. The second-order valence-corrected chi connectivity index (χ2v) is 8.96. The van der Waals surface area contributed by atoms with Crippen LogP contribution < -0.4 is 9.64 Å². The molecular formula is C29H32N2O4. The van der Waals surface area contributed by atoms with Gasteiger partial charge in [0.15, 0.2) is 6.10 Å². The van der Waals surface area contributed by atoms with Crippen molar-refractivity contribution in [2.75, 3.05) is 32.1 Å². The molecule has 0 radical (unpaired) electrons. The van der Waals surface area contributed by atoms with E-state index in [1.807, 2.05) is 67.7 Å². The molecule has 6 nitrogen and oxygen atoms in total. The lowest BCUT2D eigenvalue weighted by Crippen LogP contribution is -2.45. The summed E-state index contributed by atoms with van der Waals surface area (Å²) in [6, 6.07) is 25.8. The van der Waals surface area contributed by atoms with Gasteiger partial charge in [0.1, 0.15) is 5.75 Å². The van der Waals surface area contributed by atoms with Crippen molar-refractivity contribution < 1.29 is 19.1 Å². The Morgan fingerprint density at radius 1 is 1.00 bits per heavy atom. The third kappa shape index (κ3) is 5.89. The van der Waals surface area contributed by atoms with E-state index in [0.717, 1.165) is 29.1 Å². The first-order chi connectivity index (χ1) is 17.0. The van der Waals surface area contributed by atoms with Crippen molar-refractivity contribution in [1.29, 1.82) is 0 Å². The van der Waals surface area contributed by atoms with Crippen LogP contribution in [-0.2, 0) is 27.3 Å². The first-order valence-electron chi connectivity index (χ1n) is 11.9. The molecule has 3 aromatic rings. The molecular weight excluding hydrogens is 440 g/mol. The molecule has 0 N–H and O–H groups in total. The van der Waals surface area contributed by atoms with E-state index < -0.39 is 12.1 Å². The van der Waals surface area contributed by atoms with E-state index >= 15 is 0 Å². The van der Waals surface area contributed by atoms with Crippen LogP contribution in [0.4, 0.5) is 5.69 Å². The Bertz CT molecular complexity index is 1150. The molecule has 0 bridgehead atoms. The zero-order valence-corrected chi connectivity index (χ0v) is 20.5. The molecule has 0 spiro atoms. The van der Waals surface area contributed by atoms with Crippen molar-refractivity contribution in [3.63, 3.8) is 0 Å². The number of carbonyl (C=O) groups is 2. The zero-order chi connectivity index (χ0) is 24.8.